The van der Waals surface area contributed by atoms with E-state index in [0.717, 1.165) is 52.5 Å². The fourth-order valence-corrected chi connectivity index (χ4v) is 5.22. The molecule has 6 rings (SSSR count). The lowest BCUT2D eigenvalue weighted by Crippen LogP contribution is -2.21. The van der Waals surface area contributed by atoms with Gasteiger partial charge < -0.3 is 20.7 Å². The summed E-state index contributed by atoms with van der Waals surface area (Å²) in [6.45, 7) is 4.46. The maximum atomic E-state index is 13.4. The summed E-state index contributed by atoms with van der Waals surface area (Å²) in [4.78, 5) is 37.8. The first-order valence-electron chi connectivity index (χ1n) is 16.0. The Bertz CT molecular complexity index is 2080. The molecule has 3 aromatic carbocycles. The van der Waals surface area contributed by atoms with Gasteiger partial charge in [-0.15, -0.1) is 0 Å². The van der Waals surface area contributed by atoms with Crippen molar-refractivity contribution in [3.63, 3.8) is 0 Å². The number of carbonyl (C=O) groups excluding carboxylic acids is 2. The molecule has 0 saturated heterocycles. The summed E-state index contributed by atoms with van der Waals surface area (Å²) in [5.41, 5.74) is 4.69. The Morgan fingerprint density at radius 3 is 2.43 bits per heavy atom. The standard InChI is InChI=1S/C37H37N9O3/c1-4-5-8-26-20-35(46(45-26)27-13-11-24(2)12-14-27)44-37(48)42-30-15-16-32(29-10-7-6-9-28(29)30)49-23-25-17-18-39-33(19-25)43-34-22-40-31(21-41-34)36(47)38-3/h6-7,9-22H,4-5,8,23H2,1-3H3,(H,38,47)(H,39,41,43)(H2,42,44,48). The number of benzene rings is 3. The monoisotopic (exact) mass is 655 g/mol. The molecule has 49 heavy (non-hydrogen) atoms. The van der Waals surface area contributed by atoms with Crippen molar-refractivity contribution in [3.05, 3.63) is 120 Å². The van der Waals surface area contributed by atoms with Gasteiger partial charge in [-0.3, -0.25) is 10.1 Å². The van der Waals surface area contributed by atoms with E-state index in [4.69, 9.17) is 9.84 Å². The predicted octanol–water partition coefficient (Wildman–Crippen LogP) is 7.19. The topological polar surface area (TPSA) is 148 Å². The molecule has 0 spiro atoms. The van der Waals surface area contributed by atoms with E-state index in [0.29, 0.717) is 28.9 Å². The van der Waals surface area contributed by atoms with Crippen molar-refractivity contribution in [2.75, 3.05) is 23.0 Å². The van der Waals surface area contributed by atoms with Gasteiger partial charge in [-0.25, -0.2) is 24.4 Å². The number of aromatic nitrogens is 5. The van der Waals surface area contributed by atoms with Crippen molar-refractivity contribution in [2.24, 2.45) is 0 Å². The van der Waals surface area contributed by atoms with Gasteiger partial charge in [0.25, 0.3) is 5.91 Å². The minimum Gasteiger partial charge on any atom is -0.488 e. The molecule has 248 valence electrons. The third kappa shape index (κ3) is 7.99. The summed E-state index contributed by atoms with van der Waals surface area (Å²) in [5.74, 6) is 1.96. The first-order chi connectivity index (χ1) is 23.9. The molecule has 0 unspecified atom stereocenters. The number of amides is 3. The van der Waals surface area contributed by atoms with E-state index in [1.807, 2.05) is 85.8 Å². The van der Waals surface area contributed by atoms with E-state index in [2.05, 4.69) is 43.1 Å². The highest BCUT2D eigenvalue weighted by Crippen LogP contribution is 2.32. The molecular formula is C37H37N9O3. The summed E-state index contributed by atoms with van der Waals surface area (Å²) in [7, 11) is 1.54. The summed E-state index contributed by atoms with van der Waals surface area (Å²) in [6, 6.07) is 24.8. The zero-order valence-corrected chi connectivity index (χ0v) is 27.5. The average Bonchev–Trinajstić information content (AvgIpc) is 3.52. The van der Waals surface area contributed by atoms with Crippen molar-refractivity contribution in [3.8, 4) is 11.4 Å². The third-order valence-corrected chi connectivity index (χ3v) is 7.79. The number of unbranched alkanes of at least 4 members (excludes halogenated alkanes) is 1. The summed E-state index contributed by atoms with van der Waals surface area (Å²) in [6.07, 6.45) is 7.45. The SMILES string of the molecule is CCCCc1cc(NC(=O)Nc2ccc(OCc3ccnc(Nc4cnc(C(=O)NC)cn4)c3)c3ccccc23)n(-c2ccc(C)cc2)n1. The number of rotatable bonds is 12. The number of nitrogens with zero attached hydrogens (tertiary/aromatic N) is 5. The molecule has 0 fully saturated rings. The van der Waals surface area contributed by atoms with E-state index in [1.165, 1.54) is 19.4 Å². The first kappa shape index (κ1) is 32.6. The molecule has 4 N–H and O–H groups in total. The minimum absolute atomic E-state index is 0.221. The molecule has 0 atom stereocenters. The van der Waals surface area contributed by atoms with Crippen molar-refractivity contribution in [1.29, 1.82) is 0 Å². The molecule has 3 amide bonds. The van der Waals surface area contributed by atoms with Crippen LogP contribution in [0.25, 0.3) is 16.5 Å². The number of fused-ring (bicyclic) bond motifs is 1. The van der Waals surface area contributed by atoms with Crippen LogP contribution in [0.1, 0.15) is 47.1 Å². The molecule has 0 aliphatic rings. The molecule has 0 aliphatic carbocycles. The molecule has 6 aromatic rings. The Kier molecular flexibility index (Phi) is 10.0. The van der Waals surface area contributed by atoms with Crippen LogP contribution in [0, 0.1) is 6.92 Å². The summed E-state index contributed by atoms with van der Waals surface area (Å²) < 4.78 is 8.03. The number of urea groups is 1. The van der Waals surface area contributed by atoms with Crippen LogP contribution in [0.15, 0.2) is 97.5 Å². The van der Waals surface area contributed by atoms with Crippen LogP contribution in [0.3, 0.4) is 0 Å². The van der Waals surface area contributed by atoms with E-state index in [1.54, 1.807) is 10.9 Å². The maximum absolute atomic E-state index is 13.4. The Morgan fingerprint density at radius 2 is 1.67 bits per heavy atom. The number of nitrogens with one attached hydrogen (secondary N) is 4. The lowest BCUT2D eigenvalue weighted by atomic mass is 10.1. The van der Waals surface area contributed by atoms with Gasteiger partial charge in [0, 0.05) is 30.1 Å². The normalized spacial score (nSPS) is 10.8. The van der Waals surface area contributed by atoms with Gasteiger partial charge in [0.05, 0.1) is 29.5 Å². The fraction of sp³-hybridized carbons (Fsp3) is 0.189. The molecule has 0 bridgehead atoms. The fourth-order valence-electron chi connectivity index (χ4n) is 5.22. The predicted molar refractivity (Wildman–Crippen MR) is 191 cm³/mol. The van der Waals surface area contributed by atoms with Crippen LogP contribution in [0.2, 0.25) is 0 Å². The molecule has 0 saturated carbocycles. The second-order valence-electron chi connectivity index (χ2n) is 11.4. The van der Waals surface area contributed by atoms with Crippen LogP contribution in [-0.2, 0) is 13.0 Å². The van der Waals surface area contributed by atoms with Gasteiger partial charge in [-0.1, -0.05) is 55.3 Å². The lowest BCUT2D eigenvalue weighted by molar-refractivity contribution is 0.0957. The van der Waals surface area contributed by atoms with Crippen molar-refractivity contribution < 1.29 is 14.3 Å². The van der Waals surface area contributed by atoms with Gasteiger partial charge in [0.15, 0.2) is 0 Å². The van der Waals surface area contributed by atoms with Crippen molar-refractivity contribution >= 4 is 45.9 Å². The quantitative estimate of drug-likeness (QED) is 0.108. The molecule has 3 heterocycles. The number of ether oxygens (including phenoxy) is 1. The first-order valence-corrected chi connectivity index (χ1v) is 16.0. The molecule has 12 nitrogen and oxygen atoms in total. The van der Waals surface area contributed by atoms with Crippen molar-refractivity contribution in [2.45, 2.75) is 39.7 Å². The summed E-state index contributed by atoms with van der Waals surface area (Å²) >= 11 is 0. The van der Waals surface area contributed by atoms with Gasteiger partial charge in [0.1, 0.15) is 35.5 Å². The van der Waals surface area contributed by atoms with Crippen LogP contribution < -0.4 is 26.0 Å². The van der Waals surface area contributed by atoms with Crippen LogP contribution in [0.4, 0.5) is 27.9 Å². The molecule has 0 aliphatic heterocycles. The molecule has 12 heteroatoms. The highest BCUT2D eigenvalue weighted by molar-refractivity contribution is 6.07. The van der Waals surface area contributed by atoms with Crippen LogP contribution >= 0.6 is 0 Å². The second kappa shape index (κ2) is 15.1. The Labute approximate surface area is 284 Å². The average molecular weight is 656 g/mol. The van der Waals surface area contributed by atoms with Gasteiger partial charge in [0.2, 0.25) is 0 Å². The van der Waals surface area contributed by atoms with Crippen LogP contribution in [-0.4, -0.2) is 43.7 Å². The number of hydrogen-bond acceptors (Lipinski definition) is 8. The largest absolute Gasteiger partial charge is 0.488 e. The zero-order chi connectivity index (χ0) is 34.2. The number of anilines is 4. The third-order valence-electron chi connectivity index (χ3n) is 7.79. The van der Waals surface area contributed by atoms with Gasteiger partial charge >= 0.3 is 6.03 Å². The minimum atomic E-state index is -0.376. The van der Waals surface area contributed by atoms with Crippen LogP contribution in [0.5, 0.6) is 5.75 Å². The molecule has 0 radical (unpaired) electrons. The Morgan fingerprint density at radius 1 is 0.857 bits per heavy atom. The smallest absolute Gasteiger partial charge is 0.324 e. The lowest BCUT2D eigenvalue weighted by Gasteiger charge is -2.15. The van der Waals surface area contributed by atoms with Crippen molar-refractivity contribution in [1.82, 2.24) is 30.0 Å². The van der Waals surface area contributed by atoms with Gasteiger partial charge in [-0.05, 0) is 61.7 Å². The number of pyridine rings is 1. The molecular weight excluding hydrogens is 618 g/mol. The van der Waals surface area contributed by atoms with E-state index < -0.39 is 0 Å². The highest BCUT2D eigenvalue weighted by atomic mass is 16.5. The van der Waals surface area contributed by atoms with Gasteiger partial charge in [-0.2, -0.15) is 5.10 Å². The Hall–Kier alpha value is -6.30. The maximum Gasteiger partial charge on any atom is 0.324 e. The number of aryl methyl sites for hydroxylation is 2. The van der Waals surface area contributed by atoms with E-state index in [-0.39, 0.29) is 24.2 Å². The Balaban J connectivity index is 1.15. The molecule has 3 aromatic heterocycles. The number of hydrogen-bond donors (Lipinski definition) is 4. The van der Waals surface area contributed by atoms with E-state index >= 15 is 0 Å². The zero-order valence-electron chi connectivity index (χ0n) is 27.5. The second-order valence-corrected chi connectivity index (χ2v) is 11.4. The summed E-state index contributed by atoms with van der Waals surface area (Å²) in [5, 5.41) is 18.1. The van der Waals surface area contributed by atoms with E-state index in [9.17, 15) is 9.59 Å². The highest BCUT2D eigenvalue weighted by Gasteiger charge is 2.15. The number of carbonyl (C=O) groups is 2.